The van der Waals surface area contributed by atoms with E-state index in [0.29, 0.717) is 5.82 Å². The maximum Gasteiger partial charge on any atom is 1.00 e. The van der Waals surface area contributed by atoms with Crippen LogP contribution in [0, 0.1) is 12.7 Å². The van der Waals surface area contributed by atoms with Gasteiger partial charge in [0.25, 0.3) is 0 Å². The Kier molecular flexibility index (Phi) is 5.34. The minimum atomic E-state index is -1.40. The fraction of sp³-hybridized carbons (Fsp3) is 0.0667. The molecular weight excluding hydrogens is 308 g/mol. The summed E-state index contributed by atoms with van der Waals surface area (Å²) in [5.74, 6) is -1.11. The minimum absolute atomic E-state index is 0. The number of anilines is 2. The number of nitrogens with one attached hydrogen (secondary N) is 1. The molecule has 0 bridgehead atoms. The first-order valence-electron chi connectivity index (χ1n) is 6.65. The number of imidazole rings is 1. The Morgan fingerprint density at radius 2 is 2.08 bits per heavy atom. The molecule has 1 N–H and O–H groups in total. The molecule has 7 nitrogen and oxygen atoms in total. The molecule has 24 heavy (non-hydrogen) atoms. The molecule has 0 fully saturated rings. The fourth-order valence-corrected chi connectivity index (χ4v) is 2.02. The van der Waals surface area contributed by atoms with Crippen molar-refractivity contribution in [3.05, 3.63) is 59.9 Å². The van der Waals surface area contributed by atoms with Crippen LogP contribution in [0.25, 0.3) is 5.82 Å². The number of carbonyl (C=O) groups is 1. The van der Waals surface area contributed by atoms with Crippen LogP contribution in [-0.4, -0.2) is 25.7 Å². The topological polar surface area (TPSA) is 95.8 Å². The zero-order chi connectivity index (χ0) is 16.4. The van der Waals surface area contributed by atoms with E-state index >= 15 is 0 Å². The average molecular weight is 319 g/mol. The molecule has 0 saturated heterocycles. The van der Waals surface area contributed by atoms with Crippen molar-refractivity contribution in [1.29, 1.82) is 0 Å². The van der Waals surface area contributed by atoms with E-state index in [1.807, 2.05) is 0 Å². The van der Waals surface area contributed by atoms with E-state index < -0.39 is 11.8 Å². The summed E-state index contributed by atoms with van der Waals surface area (Å²) >= 11 is 0. The fourth-order valence-electron chi connectivity index (χ4n) is 2.02. The van der Waals surface area contributed by atoms with Crippen LogP contribution < -0.4 is 29.3 Å². The van der Waals surface area contributed by atoms with Gasteiger partial charge in [0.15, 0.2) is 11.6 Å². The van der Waals surface area contributed by atoms with Gasteiger partial charge in [-0.2, -0.15) is 0 Å². The second kappa shape index (κ2) is 7.25. The van der Waals surface area contributed by atoms with E-state index in [0.717, 1.165) is 6.07 Å². The van der Waals surface area contributed by atoms with Crippen LogP contribution in [0.1, 0.15) is 15.9 Å². The van der Waals surface area contributed by atoms with E-state index in [9.17, 15) is 14.3 Å². The SMILES string of the molecule is Cc1cc(C(=O)[O-])c(Nc2ccc(-n3ccnc3)nn2)cc1F.[Li+]. The van der Waals surface area contributed by atoms with Crippen molar-refractivity contribution in [3.63, 3.8) is 0 Å². The van der Waals surface area contributed by atoms with Gasteiger partial charge in [0, 0.05) is 18.0 Å². The third kappa shape index (κ3) is 3.62. The molecule has 116 valence electrons. The number of carbonyl (C=O) groups excluding carboxylic acids is 1. The number of benzene rings is 1. The van der Waals surface area contributed by atoms with Crippen molar-refractivity contribution in [1.82, 2.24) is 19.7 Å². The molecule has 0 aliphatic heterocycles. The summed E-state index contributed by atoms with van der Waals surface area (Å²) < 4.78 is 15.3. The largest absolute Gasteiger partial charge is 1.00 e. The maximum absolute atomic E-state index is 13.7. The van der Waals surface area contributed by atoms with Gasteiger partial charge in [0.1, 0.15) is 12.1 Å². The Bertz CT molecular complexity index is 853. The summed E-state index contributed by atoms with van der Waals surface area (Å²) in [4.78, 5) is 15.1. The summed E-state index contributed by atoms with van der Waals surface area (Å²) in [5.41, 5.74) is 0.124. The van der Waals surface area contributed by atoms with Crippen LogP contribution in [0.15, 0.2) is 43.0 Å². The molecular formula is C15H11FLiN5O2. The van der Waals surface area contributed by atoms with E-state index in [1.54, 1.807) is 35.4 Å². The van der Waals surface area contributed by atoms with Gasteiger partial charge < -0.3 is 15.2 Å². The van der Waals surface area contributed by atoms with Crippen LogP contribution in [0.4, 0.5) is 15.9 Å². The van der Waals surface area contributed by atoms with E-state index in [2.05, 4.69) is 20.5 Å². The quantitative estimate of drug-likeness (QED) is 0.571. The molecule has 1 aromatic carbocycles. The first-order chi connectivity index (χ1) is 11.0. The molecule has 2 aromatic heterocycles. The van der Waals surface area contributed by atoms with Gasteiger partial charge in [-0.15, -0.1) is 10.2 Å². The number of aromatic nitrogens is 4. The standard InChI is InChI=1S/C15H12FN5O2.Li/c1-9-6-10(15(22)23)12(7-11(9)16)18-13-2-3-14(20-19-13)21-5-4-17-8-21;/h2-8H,1H3,(H,18,19)(H,22,23);/q;+1/p-1. The number of carboxylic acids is 1. The smallest absolute Gasteiger partial charge is 0.545 e. The molecule has 3 aromatic rings. The van der Waals surface area contributed by atoms with Crippen LogP contribution in [-0.2, 0) is 0 Å². The zero-order valence-electron chi connectivity index (χ0n) is 13.0. The number of aryl methyl sites for hydroxylation is 1. The Morgan fingerprint density at radius 1 is 1.29 bits per heavy atom. The van der Waals surface area contributed by atoms with Gasteiger partial charge in [-0.25, -0.2) is 9.37 Å². The number of rotatable bonds is 4. The normalized spacial score (nSPS) is 10.1. The van der Waals surface area contributed by atoms with Crippen molar-refractivity contribution < 1.29 is 33.2 Å². The van der Waals surface area contributed by atoms with Gasteiger partial charge in [0.2, 0.25) is 0 Å². The van der Waals surface area contributed by atoms with Crippen molar-refractivity contribution in [2.75, 3.05) is 5.32 Å². The molecule has 2 heterocycles. The Labute approximate surface area is 148 Å². The molecule has 0 aliphatic carbocycles. The maximum atomic E-state index is 13.7. The third-order valence-corrected chi connectivity index (χ3v) is 3.20. The number of hydrogen-bond donors (Lipinski definition) is 1. The molecule has 0 unspecified atom stereocenters. The van der Waals surface area contributed by atoms with Crippen molar-refractivity contribution in [2.45, 2.75) is 6.92 Å². The van der Waals surface area contributed by atoms with E-state index in [1.165, 1.54) is 13.0 Å². The predicted octanol–water partition coefficient (Wildman–Crippen LogP) is -1.78. The van der Waals surface area contributed by atoms with Crippen LogP contribution >= 0.6 is 0 Å². The Morgan fingerprint density at radius 3 is 2.67 bits per heavy atom. The van der Waals surface area contributed by atoms with Gasteiger partial charge in [-0.05, 0) is 36.8 Å². The van der Waals surface area contributed by atoms with Crippen molar-refractivity contribution >= 4 is 17.5 Å². The first-order valence-corrected chi connectivity index (χ1v) is 6.65. The van der Waals surface area contributed by atoms with E-state index in [-0.39, 0.29) is 41.5 Å². The van der Waals surface area contributed by atoms with Crippen LogP contribution in [0.5, 0.6) is 0 Å². The van der Waals surface area contributed by atoms with Crippen LogP contribution in [0.3, 0.4) is 0 Å². The summed E-state index contributed by atoms with van der Waals surface area (Å²) in [6.07, 6.45) is 4.89. The summed E-state index contributed by atoms with van der Waals surface area (Å²) in [6, 6.07) is 5.56. The number of nitrogens with zero attached hydrogens (tertiary/aromatic N) is 4. The molecule has 0 amide bonds. The first kappa shape index (κ1) is 17.7. The van der Waals surface area contributed by atoms with Gasteiger partial charge in [-0.1, -0.05) is 0 Å². The van der Waals surface area contributed by atoms with E-state index in [4.69, 9.17) is 0 Å². The third-order valence-electron chi connectivity index (χ3n) is 3.20. The Balaban J connectivity index is 0.00000208. The van der Waals surface area contributed by atoms with Crippen molar-refractivity contribution in [3.8, 4) is 5.82 Å². The second-order valence-electron chi connectivity index (χ2n) is 4.81. The summed E-state index contributed by atoms with van der Waals surface area (Å²) in [6.45, 7) is 1.48. The number of hydrogen-bond acceptors (Lipinski definition) is 6. The molecule has 0 radical (unpaired) electrons. The number of carboxylic acid groups (broad SMARTS) is 1. The zero-order valence-corrected chi connectivity index (χ0v) is 13.0. The number of halogens is 1. The van der Waals surface area contributed by atoms with Gasteiger partial charge >= 0.3 is 18.9 Å². The summed E-state index contributed by atoms with van der Waals surface area (Å²) in [5, 5.41) is 21.8. The second-order valence-corrected chi connectivity index (χ2v) is 4.81. The monoisotopic (exact) mass is 319 g/mol. The van der Waals surface area contributed by atoms with Crippen LogP contribution in [0.2, 0.25) is 0 Å². The molecule has 3 rings (SSSR count). The molecule has 0 atom stereocenters. The molecule has 0 saturated carbocycles. The molecule has 0 aliphatic rings. The van der Waals surface area contributed by atoms with Gasteiger partial charge in [-0.3, -0.25) is 4.57 Å². The molecule has 9 heteroatoms. The molecule has 0 spiro atoms. The minimum Gasteiger partial charge on any atom is -0.545 e. The number of aromatic carboxylic acids is 1. The van der Waals surface area contributed by atoms with Crippen molar-refractivity contribution in [2.24, 2.45) is 0 Å². The summed E-state index contributed by atoms with van der Waals surface area (Å²) in [7, 11) is 0. The Hall–Kier alpha value is -2.69. The average Bonchev–Trinajstić information content (AvgIpc) is 3.05. The van der Waals surface area contributed by atoms with Gasteiger partial charge in [0.05, 0.1) is 11.7 Å². The predicted molar refractivity (Wildman–Crippen MR) is 77.9 cm³/mol.